The first-order chi connectivity index (χ1) is 13.1. The van der Waals surface area contributed by atoms with Gasteiger partial charge >= 0.3 is 0 Å². The zero-order valence-corrected chi connectivity index (χ0v) is 16.0. The minimum Gasteiger partial charge on any atom is -0.497 e. The number of halogens is 1. The third-order valence-electron chi connectivity index (χ3n) is 5.01. The van der Waals surface area contributed by atoms with E-state index in [0.29, 0.717) is 17.2 Å². The summed E-state index contributed by atoms with van der Waals surface area (Å²) in [5.41, 5.74) is 2.93. The first kappa shape index (κ1) is 16.8. The molecule has 5 rings (SSSR count). The summed E-state index contributed by atoms with van der Waals surface area (Å²) in [5, 5.41) is 10.2. The van der Waals surface area contributed by atoms with Gasteiger partial charge in [-0.05, 0) is 48.0 Å². The monoisotopic (exact) mass is 401 g/mol. The summed E-state index contributed by atoms with van der Waals surface area (Å²) in [6.45, 7) is 0. The van der Waals surface area contributed by atoms with E-state index < -0.39 is 5.85 Å². The Kier molecular flexibility index (Phi) is 3.77. The number of carbonyl (C=O) groups is 1. The largest absolute Gasteiger partial charge is 0.497 e. The number of nitrogens with zero attached hydrogens (tertiary/aromatic N) is 2. The third kappa shape index (κ3) is 2.64. The Balaban J connectivity index is 1.58. The highest BCUT2D eigenvalue weighted by Gasteiger charge is 2.55. The quantitative estimate of drug-likeness (QED) is 0.824. The average molecular weight is 402 g/mol. The number of methoxy groups -OCH3 is 1. The Morgan fingerprint density at radius 3 is 2.85 bits per heavy atom. The van der Waals surface area contributed by atoms with Gasteiger partial charge in [0.1, 0.15) is 11.5 Å². The van der Waals surface area contributed by atoms with Crippen LogP contribution in [-0.4, -0.2) is 34.7 Å². The van der Waals surface area contributed by atoms with Gasteiger partial charge in [-0.3, -0.25) is 10.1 Å². The number of fused-ring (bicyclic) bond motifs is 4. The first-order valence-corrected chi connectivity index (χ1v) is 9.89. The Bertz CT molecular complexity index is 965. The number of hydrogen-bond donors (Lipinski definition) is 1. The molecule has 0 radical (unpaired) electrons. The number of carbonyl (C=O) groups excluding carboxylic acids is 1. The first-order valence-electron chi connectivity index (χ1n) is 8.53. The third-order valence-corrected chi connectivity index (χ3v) is 6.14. The van der Waals surface area contributed by atoms with E-state index in [9.17, 15) is 4.79 Å². The molecule has 1 fully saturated rings. The predicted molar refractivity (Wildman–Crippen MR) is 105 cm³/mol. The molecule has 0 saturated carbocycles. The van der Waals surface area contributed by atoms with Gasteiger partial charge in [-0.1, -0.05) is 23.4 Å². The molecular formula is C19H16ClN3O3S. The van der Waals surface area contributed by atoms with E-state index in [1.165, 1.54) is 11.8 Å². The summed E-state index contributed by atoms with van der Waals surface area (Å²) >= 11 is 7.43. The molecule has 0 unspecified atom stereocenters. The molecule has 27 heavy (non-hydrogen) atoms. The molecule has 2 aromatic carbocycles. The summed E-state index contributed by atoms with van der Waals surface area (Å²) < 4.78 is 11.5. The number of ether oxygens (including phenoxy) is 2. The van der Waals surface area contributed by atoms with Gasteiger partial charge in [0.2, 0.25) is 0 Å². The Hall–Kier alpha value is -2.38. The fourth-order valence-corrected chi connectivity index (χ4v) is 4.72. The maximum Gasteiger partial charge on any atom is 0.289 e. The number of amides is 1. The van der Waals surface area contributed by atoms with Crippen molar-refractivity contribution in [3.63, 3.8) is 0 Å². The van der Waals surface area contributed by atoms with Crippen molar-refractivity contribution in [1.29, 1.82) is 0 Å². The van der Waals surface area contributed by atoms with Crippen molar-refractivity contribution in [3.8, 4) is 11.5 Å². The number of rotatable bonds is 2. The van der Waals surface area contributed by atoms with Crippen molar-refractivity contribution in [2.75, 3.05) is 12.9 Å². The van der Waals surface area contributed by atoms with Gasteiger partial charge in [-0.2, -0.15) is 5.10 Å². The summed E-state index contributed by atoms with van der Waals surface area (Å²) in [7, 11) is 1.64. The van der Waals surface area contributed by atoms with Crippen LogP contribution in [0.1, 0.15) is 23.6 Å². The molecular weight excluding hydrogens is 386 g/mol. The fraction of sp³-hybridized carbons (Fsp3) is 0.263. The molecule has 138 valence electrons. The van der Waals surface area contributed by atoms with Crippen molar-refractivity contribution in [2.24, 2.45) is 5.10 Å². The second kappa shape index (κ2) is 6.07. The molecule has 3 aliphatic rings. The lowest BCUT2D eigenvalue weighted by Gasteiger charge is -2.44. The molecule has 8 heteroatoms. The summed E-state index contributed by atoms with van der Waals surface area (Å²) in [6.07, 6.45) is 0.700. The van der Waals surface area contributed by atoms with Gasteiger partial charge in [0, 0.05) is 17.0 Å². The minimum absolute atomic E-state index is 0.0523. The van der Waals surface area contributed by atoms with E-state index in [1.807, 2.05) is 41.4 Å². The summed E-state index contributed by atoms with van der Waals surface area (Å²) in [6, 6.07) is 13.3. The van der Waals surface area contributed by atoms with Crippen LogP contribution in [0.5, 0.6) is 11.5 Å². The summed E-state index contributed by atoms with van der Waals surface area (Å²) in [5.74, 6) is 1.02. The van der Waals surface area contributed by atoms with Crippen LogP contribution in [0.15, 0.2) is 47.6 Å². The number of nitrogens with one attached hydrogen (secondary N) is 1. The molecule has 6 nitrogen and oxygen atoms in total. The van der Waals surface area contributed by atoms with E-state index >= 15 is 0 Å². The highest BCUT2D eigenvalue weighted by Crippen LogP contribution is 2.49. The molecule has 2 atom stereocenters. The van der Waals surface area contributed by atoms with Crippen molar-refractivity contribution >= 4 is 34.3 Å². The molecule has 3 aliphatic heterocycles. The van der Waals surface area contributed by atoms with E-state index in [2.05, 4.69) is 5.32 Å². The van der Waals surface area contributed by atoms with E-state index in [0.717, 1.165) is 28.3 Å². The molecule has 1 spiro atoms. The molecule has 0 aromatic heterocycles. The Labute approximate surface area is 165 Å². The molecule has 3 heterocycles. The Morgan fingerprint density at radius 1 is 1.33 bits per heavy atom. The number of hydrogen-bond acceptors (Lipinski definition) is 6. The Morgan fingerprint density at radius 2 is 2.15 bits per heavy atom. The molecule has 2 aromatic rings. The standard InChI is InChI=1S/C19H16ClN3O3S/c1-25-13-5-2-11(3-6-13)15-9-16-14-8-12(20)4-7-17(14)26-19(23(16)22-15)10-27-18(24)21-19/h2-8,16H,9-10H2,1H3,(H,21,24)/t16-,19+/m1/s1. The zero-order chi connectivity index (χ0) is 18.6. The van der Waals surface area contributed by atoms with Crippen LogP contribution >= 0.6 is 23.4 Å². The summed E-state index contributed by atoms with van der Waals surface area (Å²) in [4.78, 5) is 12.0. The smallest absolute Gasteiger partial charge is 0.289 e. The number of benzene rings is 2. The van der Waals surface area contributed by atoms with Gasteiger partial charge in [-0.25, -0.2) is 5.01 Å². The number of thioether (sulfide) groups is 1. The maximum absolute atomic E-state index is 12.0. The van der Waals surface area contributed by atoms with Crippen molar-refractivity contribution in [1.82, 2.24) is 10.3 Å². The molecule has 1 amide bonds. The van der Waals surface area contributed by atoms with E-state index in [4.69, 9.17) is 26.2 Å². The van der Waals surface area contributed by atoms with Crippen LogP contribution in [0.4, 0.5) is 4.79 Å². The van der Waals surface area contributed by atoms with Gasteiger partial charge < -0.3 is 9.47 Å². The highest BCUT2D eigenvalue weighted by atomic mass is 35.5. The maximum atomic E-state index is 12.0. The van der Waals surface area contributed by atoms with Crippen molar-refractivity contribution < 1.29 is 14.3 Å². The normalized spacial score (nSPS) is 25.6. The van der Waals surface area contributed by atoms with E-state index in [-0.39, 0.29) is 11.3 Å². The molecule has 1 saturated heterocycles. The van der Waals surface area contributed by atoms with Crippen molar-refractivity contribution in [2.45, 2.75) is 18.3 Å². The van der Waals surface area contributed by atoms with Gasteiger partial charge in [0.15, 0.2) is 0 Å². The van der Waals surface area contributed by atoms with Gasteiger partial charge in [0.05, 0.1) is 24.6 Å². The minimum atomic E-state index is -0.971. The predicted octanol–water partition coefficient (Wildman–Crippen LogP) is 4.00. The van der Waals surface area contributed by atoms with Crippen molar-refractivity contribution in [3.05, 3.63) is 58.6 Å². The average Bonchev–Trinajstić information content (AvgIpc) is 3.28. The zero-order valence-electron chi connectivity index (χ0n) is 14.4. The molecule has 0 aliphatic carbocycles. The molecule has 0 bridgehead atoms. The second-order valence-electron chi connectivity index (χ2n) is 6.61. The SMILES string of the molecule is COc1ccc(C2=NN3[C@H](C2)c2cc(Cl)ccc2O[C@]32CSC(=O)N2)cc1. The van der Waals surface area contributed by atoms with Gasteiger partial charge in [0.25, 0.3) is 11.1 Å². The van der Waals surface area contributed by atoms with E-state index in [1.54, 1.807) is 13.2 Å². The van der Waals surface area contributed by atoms with Crippen LogP contribution in [0, 0.1) is 0 Å². The lowest BCUT2D eigenvalue weighted by molar-refractivity contribution is -0.111. The molecule has 1 N–H and O–H groups in total. The lowest BCUT2D eigenvalue weighted by Crippen LogP contribution is -2.62. The van der Waals surface area contributed by atoms with Crippen LogP contribution in [0.3, 0.4) is 0 Å². The lowest BCUT2D eigenvalue weighted by atomic mass is 9.96. The van der Waals surface area contributed by atoms with Crippen LogP contribution in [-0.2, 0) is 0 Å². The van der Waals surface area contributed by atoms with Crippen LogP contribution < -0.4 is 14.8 Å². The topological polar surface area (TPSA) is 63.2 Å². The van der Waals surface area contributed by atoms with Crippen LogP contribution in [0.2, 0.25) is 5.02 Å². The highest BCUT2D eigenvalue weighted by molar-refractivity contribution is 8.14. The van der Waals surface area contributed by atoms with Crippen LogP contribution in [0.25, 0.3) is 0 Å². The fourth-order valence-electron chi connectivity index (χ4n) is 3.72. The second-order valence-corrected chi connectivity index (χ2v) is 7.99. The van der Waals surface area contributed by atoms with Gasteiger partial charge in [-0.15, -0.1) is 0 Å². The number of hydrazone groups is 1.